The Morgan fingerprint density at radius 3 is 0.882 bits per heavy atom. The van der Waals surface area contributed by atoms with E-state index < -0.39 is 23.9 Å². The first-order chi connectivity index (χ1) is 33.3. The molecule has 0 saturated heterocycles. The summed E-state index contributed by atoms with van der Waals surface area (Å²) in [5.74, 6) is -0.0849. The zero-order valence-corrected chi connectivity index (χ0v) is 40.2. The lowest BCUT2D eigenvalue weighted by atomic mass is 10.1. The van der Waals surface area contributed by atoms with Crippen LogP contribution in [0.25, 0.3) is 0 Å². The van der Waals surface area contributed by atoms with E-state index in [1.807, 2.05) is 0 Å². The molecule has 0 heterocycles. The minimum Gasteiger partial charge on any atom is -0.494 e. The predicted molar refractivity (Wildman–Crippen MR) is 267 cm³/mol. The van der Waals surface area contributed by atoms with Crippen LogP contribution in [0.15, 0.2) is 121 Å². The predicted octanol–water partition coefficient (Wildman–Crippen LogP) is 15.2. The van der Waals surface area contributed by atoms with Gasteiger partial charge in [0.2, 0.25) is 0 Å². The van der Waals surface area contributed by atoms with E-state index in [0.29, 0.717) is 30.3 Å². The van der Waals surface area contributed by atoms with E-state index in [4.69, 9.17) is 28.4 Å². The van der Waals surface area contributed by atoms with Gasteiger partial charge in [-0.25, -0.2) is 19.2 Å². The van der Waals surface area contributed by atoms with Gasteiger partial charge in [-0.2, -0.15) is 0 Å². The van der Waals surface area contributed by atoms with Crippen LogP contribution in [0.3, 0.4) is 0 Å². The van der Waals surface area contributed by atoms with Crippen molar-refractivity contribution in [2.24, 2.45) is 0 Å². The molecule has 0 spiro atoms. The Bertz CT molecular complexity index is 2230. The highest BCUT2D eigenvalue weighted by atomic mass is 16.6. The molecule has 0 unspecified atom stereocenters. The van der Waals surface area contributed by atoms with Crippen LogP contribution >= 0.6 is 0 Å². The Balaban J connectivity index is 0.974. The number of unbranched alkanes of at least 4 members (excludes halogenated alkanes) is 18. The van der Waals surface area contributed by atoms with Gasteiger partial charge in [0.25, 0.3) is 0 Å². The third-order valence-corrected chi connectivity index (χ3v) is 11.5. The molecule has 0 amide bonds. The molecule has 0 aliphatic carbocycles. The minimum atomic E-state index is -0.671. The van der Waals surface area contributed by atoms with Crippen LogP contribution in [0, 0.1) is 0 Å². The van der Waals surface area contributed by atoms with Crippen LogP contribution in [0.4, 0.5) is 0 Å². The maximum absolute atomic E-state index is 13.0. The SMILES string of the molecule is CCCCCCCCCCCCOc1ccc(OC(=O)c2ccc(C(=O)Oc3cccc(OC(=O)c4ccc(OC(=O)c5ccc(OCCCCCCCCCCCC)cc5)cc4)c3)cc2)cc1. The van der Waals surface area contributed by atoms with Crippen molar-refractivity contribution in [2.75, 3.05) is 13.2 Å². The maximum Gasteiger partial charge on any atom is 0.343 e. The van der Waals surface area contributed by atoms with Gasteiger partial charge in [-0.3, -0.25) is 0 Å². The summed E-state index contributed by atoms with van der Waals surface area (Å²) in [6.07, 6.45) is 25.3. The van der Waals surface area contributed by atoms with Crippen LogP contribution in [-0.2, 0) is 0 Å². The monoisotopic (exact) mass is 926 g/mol. The van der Waals surface area contributed by atoms with Crippen molar-refractivity contribution in [2.45, 2.75) is 142 Å². The van der Waals surface area contributed by atoms with Crippen LogP contribution in [0.5, 0.6) is 34.5 Å². The summed E-state index contributed by atoms with van der Waals surface area (Å²) in [7, 11) is 0. The van der Waals surface area contributed by atoms with Crippen LogP contribution in [0.2, 0.25) is 0 Å². The van der Waals surface area contributed by atoms with Gasteiger partial charge in [0, 0.05) is 6.07 Å². The fourth-order valence-corrected chi connectivity index (χ4v) is 7.52. The molecule has 10 nitrogen and oxygen atoms in total. The Hall–Kier alpha value is -6.42. The third-order valence-electron chi connectivity index (χ3n) is 11.5. The standard InChI is InChI=1S/C58H70O10/c1-3-5-7-9-11-13-15-17-19-21-42-63-49-34-30-47(31-35-49)56(60)65-51-36-32-48(33-37-51)58(62)68-54-25-23-24-53(44-54)67-57(61)46-28-26-45(27-29-46)55(59)66-52-40-38-50(39-41-52)64-43-22-20-18-16-14-12-10-8-6-4-2/h23-41,44H,3-22,42-43H2,1-2H3. The molecule has 0 fully saturated rings. The largest absolute Gasteiger partial charge is 0.494 e. The molecule has 0 saturated carbocycles. The lowest BCUT2D eigenvalue weighted by Crippen LogP contribution is -2.12. The number of rotatable bonds is 32. The zero-order chi connectivity index (χ0) is 48.0. The smallest absolute Gasteiger partial charge is 0.343 e. The highest BCUT2D eigenvalue weighted by Gasteiger charge is 2.16. The summed E-state index contributed by atoms with van der Waals surface area (Å²) in [4.78, 5) is 51.6. The second kappa shape index (κ2) is 30.8. The Morgan fingerprint density at radius 1 is 0.294 bits per heavy atom. The van der Waals surface area contributed by atoms with Crippen LogP contribution in [-0.4, -0.2) is 37.1 Å². The molecule has 0 atom stereocenters. The topological polar surface area (TPSA) is 124 Å². The van der Waals surface area contributed by atoms with Gasteiger partial charge in [-0.05, 0) is 122 Å². The molecule has 0 N–H and O–H groups in total. The normalized spacial score (nSPS) is 10.9. The van der Waals surface area contributed by atoms with Gasteiger partial charge in [0.15, 0.2) is 0 Å². The van der Waals surface area contributed by atoms with Crippen molar-refractivity contribution < 1.29 is 47.6 Å². The first-order valence-electron chi connectivity index (χ1n) is 25.0. The summed E-state index contributed by atoms with van der Waals surface area (Å²) in [5, 5.41) is 0. The minimum absolute atomic E-state index is 0.149. The number of carbonyl (C=O) groups is 4. The maximum atomic E-state index is 13.0. The van der Waals surface area contributed by atoms with Gasteiger partial charge in [-0.15, -0.1) is 0 Å². The fraction of sp³-hybridized carbons (Fsp3) is 0.414. The Labute approximate surface area is 403 Å². The van der Waals surface area contributed by atoms with E-state index in [-0.39, 0.29) is 33.9 Å². The summed E-state index contributed by atoms with van der Waals surface area (Å²) in [6, 6.07) is 31.8. The van der Waals surface area contributed by atoms with E-state index >= 15 is 0 Å². The summed E-state index contributed by atoms with van der Waals surface area (Å²) in [6.45, 7) is 5.77. The van der Waals surface area contributed by atoms with E-state index in [1.165, 1.54) is 157 Å². The van der Waals surface area contributed by atoms with Crippen molar-refractivity contribution in [1.29, 1.82) is 0 Å². The van der Waals surface area contributed by atoms with Crippen molar-refractivity contribution in [3.05, 3.63) is 144 Å². The number of ether oxygens (including phenoxy) is 6. The van der Waals surface area contributed by atoms with E-state index in [0.717, 1.165) is 31.4 Å². The molecule has 10 heteroatoms. The molecule has 5 aromatic rings. The molecule has 5 aromatic carbocycles. The Kier molecular flexibility index (Phi) is 23.8. The third kappa shape index (κ3) is 19.8. The van der Waals surface area contributed by atoms with Crippen molar-refractivity contribution in [3.8, 4) is 34.5 Å². The zero-order valence-electron chi connectivity index (χ0n) is 40.2. The molecular formula is C58H70O10. The van der Waals surface area contributed by atoms with Crippen molar-refractivity contribution in [1.82, 2.24) is 0 Å². The van der Waals surface area contributed by atoms with E-state index in [2.05, 4.69) is 13.8 Å². The number of benzene rings is 5. The van der Waals surface area contributed by atoms with Gasteiger partial charge >= 0.3 is 23.9 Å². The van der Waals surface area contributed by atoms with Gasteiger partial charge in [0.1, 0.15) is 34.5 Å². The highest BCUT2D eigenvalue weighted by Crippen LogP contribution is 2.24. The summed E-state index contributed by atoms with van der Waals surface area (Å²) >= 11 is 0. The van der Waals surface area contributed by atoms with Gasteiger partial charge in [-0.1, -0.05) is 135 Å². The quantitative estimate of drug-likeness (QED) is 0.0234. The first-order valence-corrected chi connectivity index (χ1v) is 25.0. The molecule has 0 bridgehead atoms. The molecule has 362 valence electrons. The molecule has 0 aromatic heterocycles. The number of hydrogen-bond donors (Lipinski definition) is 0. The second-order valence-corrected chi connectivity index (χ2v) is 17.2. The number of hydrogen-bond acceptors (Lipinski definition) is 10. The first kappa shape index (κ1) is 52.5. The molecule has 0 aliphatic heterocycles. The number of carbonyl (C=O) groups excluding carboxylic acids is 4. The average Bonchev–Trinajstić information content (AvgIpc) is 3.36. The number of esters is 4. The highest BCUT2D eigenvalue weighted by molar-refractivity contribution is 5.95. The Morgan fingerprint density at radius 2 is 0.544 bits per heavy atom. The van der Waals surface area contributed by atoms with E-state index in [9.17, 15) is 19.2 Å². The lowest BCUT2D eigenvalue weighted by Gasteiger charge is -2.09. The lowest BCUT2D eigenvalue weighted by molar-refractivity contribution is 0.0716. The molecule has 0 aliphatic rings. The van der Waals surface area contributed by atoms with Crippen LogP contribution in [0.1, 0.15) is 184 Å². The fourth-order valence-electron chi connectivity index (χ4n) is 7.52. The van der Waals surface area contributed by atoms with Crippen molar-refractivity contribution in [3.63, 3.8) is 0 Å². The summed E-state index contributed by atoms with van der Waals surface area (Å²) < 4.78 is 33.9. The van der Waals surface area contributed by atoms with Gasteiger partial charge in [0.05, 0.1) is 35.5 Å². The molecule has 5 rings (SSSR count). The second-order valence-electron chi connectivity index (χ2n) is 17.2. The average molecular weight is 927 g/mol. The molecule has 68 heavy (non-hydrogen) atoms. The van der Waals surface area contributed by atoms with Gasteiger partial charge < -0.3 is 28.4 Å². The van der Waals surface area contributed by atoms with E-state index in [1.54, 1.807) is 66.7 Å². The van der Waals surface area contributed by atoms with Crippen LogP contribution < -0.4 is 28.4 Å². The summed E-state index contributed by atoms with van der Waals surface area (Å²) in [5.41, 5.74) is 1.05. The molecular weight excluding hydrogens is 857 g/mol. The van der Waals surface area contributed by atoms with Crippen molar-refractivity contribution >= 4 is 23.9 Å². The molecule has 0 radical (unpaired) electrons.